The van der Waals surface area contributed by atoms with E-state index in [0.29, 0.717) is 6.42 Å². The molecule has 0 bridgehead atoms. The zero-order valence-corrected chi connectivity index (χ0v) is 27.6. The van der Waals surface area contributed by atoms with E-state index in [2.05, 4.69) is 26.0 Å². The van der Waals surface area contributed by atoms with Crippen LogP contribution in [0.25, 0.3) is 0 Å². The number of unbranched alkanes of at least 4 members (excludes halogenated alkanes) is 24. The summed E-state index contributed by atoms with van der Waals surface area (Å²) in [5.74, 6) is -0.785. The van der Waals surface area contributed by atoms with Gasteiger partial charge in [0.1, 0.15) is 6.10 Å². The molecule has 1 unspecified atom stereocenters. The molecule has 0 rings (SSSR count). The minimum atomic E-state index is -0.721. The second-order valence-corrected chi connectivity index (χ2v) is 12.4. The first-order chi connectivity index (χ1) is 20.1. The maximum atomic E-state index is 12.5. The third-order valence-corrected chi connectivity index (χ3v) is 8.22. The zero-order chi connectivity index (χ0) is 30.1. The minimum absolute atomic E-state index is 0.0638. The maximum absolute atomic E-state index is 12.5. The standard InChI is InChI=1S/C37H70O4/c1-3-5-7-9-10-11-12-13-14-15-16-17-18-19-20-21-22-24-30-34-37(40)41-35(31-27-23-8-6-4-2)32-28-25-26-29-33-36(38)39/h27,31,35H,3-26,28-30,32-34H2,1-2H3,(H,38,39)/b31-27-. The van der Waals surface area contributed by atoms with Gasteiger partial charge < -0.3 is 9.84 Å². The highest BCUT2D eigenvalue weighted by molar-refractivity contribution is 5.69. The molecule has 0 aliphatic rings. The third kappa shape index (κ3) is 33.1. The van der Waals surface area contributed by atoms with Crippen LogP contribution in [0.2, 0.25) is 0 Å². The van der Waals surface area contributed by atoms with Crippen molar-refractivity contribution < 1.29 is 19.4 Å². The Balaban J connectivity index is 3.72. The van der Waals surface area contributed by atoms with Gasteiger partial charge in [0.15, 0.2) is 0 Å². The van der Waals surface area contributed by atoms with Crippen LogP contribution < -0.4 is 0 Å². The summed E-state index contributed by atoms with van der Waals surface area (Å²) in [7, 11) is 0. The maximum Gasteiger partial charge on any atom is 0.306 e. The van der Waals surface area contributed by atoms with Crippen molar-refractivity contribution in [2.24, 2.45) is 0 Å². The van der Waals surface area contributed by atoms with Crippen LogP contribution in [0.4, 0.5) is 0 Å². The van der Waals surface area contributed by atoms with Crippen molar-refractivity contribution in [2.75, 3.05) is 0 Å². The predicted molar refractivity (Wildman–Crippen MR) is 177 cm³/mol. The molecule has 0 aromatic rings. The molecule has 0 aromatic carbocycles. The quantitative estimate of drug-likeness (QED) is 0.0478. The Kier molecular flexibility index (Phi) is 32.1. The van der Waals surface area contributed by atoms with Crippen LogP contribution >= 0.6 is 0 Å². The van der Waals surface area contributed by atoms with Crippen LogP contribution in [0.15, 0.2) is 12.2 Å². The summed E-state index contributed by atoms with van der Waals surface area (Å²) in [6.45, 7) is 4.49. The highest BCUT2D eigenvalue weighted by Gasteiger charge is 2.11. The monoisotopic (exact) mass is 579 g/mol. The van der Waals surface area contributed by atoms with Crippen molar-refractivity contribution >= 4 is 11.9 Å². The Morgan fingerprint density at radius 3 is 1.39 bits per heavy atom. The topological polar surface area (TPSA) is 63.6 Å². The highest BCUT2D eigenvalue weighted by Crippen LogP contribution is 2.16. The van der Waals surface area contributed by atoms with Crippen LogP contribution in [0.3, 0.4) is 0 Å². The Bertz CT molecular complexity index is 585. The van der Waals surface area contributed by atoms with Gasteiger partial charge in [-0.05, 0) is 44.6 Å². The molecule has 1 atom stereocenters. The fraction of sp³-hybridized carbons (Fsp3) is 0.892. The van der Waals surface area contributed by atoms with Crippen LogP contribution in [0.1, 0.15) is 206 Å². The van der Waals surface area contributed by atoms with E-state index in [9.17, 15) is 9.59 Å². The first kappa shape index (κ1) is 39.7. The van der Waals surface area contributed by atoms with Gasteiger partial charge in [0, 0.05) is 12.8 Å². The average molecular weight is 579 g/mol. The van der Waals surface area contributed by atoms with E-state index >= 15 is 0 Å². The fourth-order valence-electron chi connectivity index (χ4n) is 5.51. The largest absolute Gasteiger partial charge is 0.481 e. The van der Waals surface area contributed by atoms with Crippen LogP contribution in [0, 0.1) is 0 Å². The number of hydrogen-bond acceptors (Lipinski definition) is 3. The number of carbonyl (C=O) groups is 2. The molecule has 0 amide bonds. The molecule has 0 spiro atoms. The first-order valence-electron chi connectivity index (χ1n) is 18.2. The minimum Gasteiger partial charge on any atom is -0.481 e. The van der Waals surface area contributed by atoms with Gasteiger partial charge in [-0.25, -0.2) is 0 Å². The van der Waals surface area contributed by atoms with Crippen molar-refractivity contribution in [3.05, 3.63) is 12.2 Å². The number of rotatable bonds is 33. The van der Waals surface area contributed by atoms with Gasteiger partial charge in [-0.2, -0.15) is 0 Å². The molecule has 41 heavy (non-hydrogen) atoms. The first-order valence-corrected chi connectivity index (χ1v) is 18.2. The average Bonchev–Trinajstić information content (AvgIpc) is 2.95. The summed E-state index contributed by atoms with van der Waals surface area (Å²) in [6, 6.07) is 0. The molecule has 0 saturated carbocycles. The number of carbonyl (C=O) groups excluding carboxylic acids is 1. The van der Waals surface area contributed by atoms with Crippen LogP contribution in [-0.4, -0.2) is 23.1 Å². The molecule has 0 saturated heterocycles. The second-order valence-electron chi connectivity index (χ2n) is 12.4. The Labute approximate surface area is 255 Å². The van der Waals surface area contributed by atoms with Crippen molar-refractivity contribution in [1.82, 2.24) is 0 Å². The lowest BCUT2D eigenvalue weighted by Crippen LogP contribution is -2.16. The smallest absolute Gasteiger partial charge is 0.306 e. The molecule has 1 N–H and O–H groups in total. The lowest BCUT2D eigenvalue weighted by Gasteiger charge is -2.15. The second kappa shape index (κ2) is 33.2. The molecular weight excluding hydrogens is 508 g/mol. The Hall–Kier alpha value is -1.32. The molecule has 0 heterocycles. The summed E-state index contributed by atoms with van der Waals surface area (Å²) < 4.78 is 5.82. The number of esters is 1. The number of carboxylic acids is 1. The van der Waals surface area contributed by atoms with Crippen LogP contribution in [-0.2, 0) is 14.3 Å². The van der Waals surface area contributed by atoms with Gasteiger partial charge in [-0.15, -0.1) is 0 Å². The summed E-state index contributed by atoms with van der Waals surface area (Å²) in [5, 5.41) is 8.77. The Morgan fingerprint density at radius 1 is 0.537 bits per heavy atom. The van der Waals surface area contributed by atoms with Gasteiger partial charge in [0.2, 0.25) is 0 Å². The van der Waals surface area contributed by atoms with E-state index < -0.39 is 5.97 Å². The molecule has 4 nitrogen and oxygen atoms in total. The van der Waals surface area contributed by atoms with E-state index in [4.69, 9.17) is 9.84 Å². The fourth-order valence-corrected chi connectivity index (χ4v) is 5.51. The molecule has 0 radical (unpaired) electrons. The highest BCUT2D eigenvalue weighted by atomic mass is 16.5. The number of ether oxygens (including phenoxy) is 1. The number of allylic oxidation sites excluding steroid dienone is 1. The van der Waals surface area contributed by atoms with Crippen molar-refractivity contribution in [3.63, 3.8) is 0 Å². The van der Waals surface area contributed by atoms with Crippen molar-refractivity contribution in [3.8, 4) is 0 Å². The molecule has 4 heteroatoms. The van der Waals surface area contributed by atoms with E-state index in [-0.39, 0.29) is 18.5 Å². The van der Waals surface area contributed by atoms with Gasteiger partial charge in [-0.3, -0.25) is 9.59 Å². The summed E-state index contributed by atoms with van der Waals surface area (Å²) in [4.78, 5) is 23.1. The molecule has 0 aromatic heterocycles. The predicted octanol–water partition coefficient (Wildman–Crippen LogP) is 12.3. The van der Waals surface area contributed by atoms with Crippen LogP contribution in [0.5, 0.6) is 0 Å². The van der Waals surface area contributed by atoms with Gasteiger partial charge in [-0.1, -0.05) is 161 Å². The molecule has 0 fully saturated rings. The van der Waals surface area contributed by atoms with E-state index in [0.717, 1.165) is 51.4 Å². The number of hydrogen-bond donors (Lipinski definition) is 1. The third-order valence-electron chi connectivity index (χ3n) is 8.22. The zero-order valence-electron chi connectivity index (χ0n) is 27.6. The lowest BCUT2D eigenvalue weighted by atomic mass is 10.0. The van der Waals surface area contributed by atoms with Gasteiger partial charge in [0.05, 0.1) is 0 Å². The van der Waals surface area contributed by atoms with Gasteiger partial charge in [0.25, 0.3) is 0 Å². The molecule has 0 aliphatic carbocycles. The molecular formula is C37H70O4. The summed E-state index contributed by atoms with van der Waals surface area (Å²) in [5.41, 5.74) is 0. The van der Waals surface area contributed by atoms with Crippen molar-refractivity contribution in [2.45, 2.75) is 213 Å². The summed E-state index contributed by atoms with van der Waals surface area (Å²) >= 11 is 0. The molecule has 0 aliphatic heterocycles. The number of carboxylic acid groups (broad SMARTS) is 1. The van der Waals surface area contributed by atoms with Crippen molar-refractivity contribution in [1.29, 1.82) is 0 Å². The lowest BCUT2D eigenvalue weighted by molar-refractivity contribution is -0.147. The summed E-state index contributed by atoms with van der Waals surface area (Å²) in [6.07, 6.45) is 39.7. The van der Waals surface area contributed by atoms with E-state index in [1.54, 1.807) is 0 Å². The number of aliphatic carboxylic acids is 1. The Morgan fingerprint density at radius 2 is 0.927 bits per heavy atom. The SMILES string of the molecule is CCCCC/C=C\C(CCCCCCC(=O)O)OC(=O)CCCCCCCCCCCCCCCCCCCCC. The normalized spacial score (nSPS) is 12.2. The van der Waals surface area contributed by atoms with E-state index in [1.165, 1.54) is 128 Å². The van der Waals surface area contributed by atoms with E-state index in [1.807, 2.05) is 0 Å². The molecule has 242 valence electrons. The van der Waals surface area contributed by atoms with Gasteiger partial charge >= 0.3 is 11.9 Å².